The van der Waals surface area contributed by atoms with Crippen LogP contribution >= 0.6 is 0 Å². The molecule has 0 spiro atoms. The Labute approximate surface area is 132 Å². The van der Waals surface area contributed by atoms with E-state index in [1.165, 1.54) is 27.3 Å². The molecule has 0 aliphatic rings. The smallest absolute Gasteiger partial charge is 0.335 e. The fraction of sp³-hybridized carbons (Fsp3) is 0.118. The van der Waals surface area contributed by atoms with E-state index in [1.807, 2.05) is 6.92 Å². The van der Waals surface area contributed by atoms with Crippen molar-refractivity contribution in [1.29, 1.82) is 0 Å². The Hall–Kier alpha value is -3.15. The van der Waals surface area contributed by atoms with Crippen molar-refractivity contribution in [2.45, 2.75) is 13.5 Å². The number of rotatable bonds is 6. The minimum Gasteiger partial charge on any atom is -0.478 e. The number of allylic oxidation sites excluding steroid dienone is 1. The number of hydrogen-bond donors (Lipinski definition) is 1. The molecule has 6 nitrogen and oxygen atoms in total. The van der Waals surface area contributed by atoms with Crippen molar-refractivity contribution in [3.05, 3.63) is 64.4 Å². The van der Waals surface area contributed by atoms with Crippen molar-refractivity contribution in [3.8, 4) is 5.69 Å². The average molecular weight is 312 g/mol. The summed E-state index contributed by atoms with van der Waals surface area (Å²) in [6.45, 7) is 5.43. The molecule has 0 amide bonds. The number of carboxylic acid groups (broad SMARTS) is 1. The quantitative estimate of drug-likeness (QED) is 0.829. The van der Waals surface area contributed by atoms with Gasteiger partial charge in [0.25, 0.3) is 0 Å². The van der Waals surface area contributed by atoms with Crippen molar-refractivity contribution >= 4 is 24.4 Å². The van der Waals surface area contributed by atoms with Crippen molar-refractivity contribution in [2.24, 2.45) is 0 Å². The number of aromatic carboxylic acids is 1. The van der Waals surface area contributed by atoms with E-state index in [2.05, 4.69) is 6.58 Å². The Kier molecular flexibility index (Phi) is 4.75. The van der Waals surface area contributed by atoms with E-state index in [4.69, 9.17) is 5.11 Å². The van der Waals surface area contributed by atoms with Gasteiger partial charge in [0.1, 0.15) is 6.29 Å². The molecular weight excluding hydrogens is 296 g/mol. The Morgan fingerprint density at radius 3 is 2.39 bits per heavy atom. The van der Waals surface area contributed by atoms with Gasteiger partial charge in [-0.25, -0.2) is 9.59 Å². The fourth-order valence-electron chi connectivity index (χ4n) is 2.37. The summed E-state index contributed by atoms with van der Waals surface area (Å²) in [6, 6.07) is 5.95. The van der Waals surface area contributed by atoms with E-state index >= 15 is 0 Å². The van der Waals surface area contributed by atoms with Gasteiger partial charge in [-0.3, -0.25) is 9.13 Å². The number of hydrogen-bond acceptors (Lipinski definition) is 3. The van der Waals surface area contributed by atoms with Gasteiger partial charge in [0, 0.05) is 0 Å². The van der Waals surface area contributed by atoms with E-state index < -0.39 is 5.97 Å². The summed E-state index contributed by atoms with van der Waals surface area (Å²) < 4.78 is 2.74. The van der Waals surface area contributed by atoms with Gasteiger partial charge in [-0.15, -0.1) is 0 Å². The van der Waals surface area contributed by atoms with Crippen LogP contribution in [0, 0.1) is 0 Å². The Bertz CT molecular complexity index is 839. The molecule has 0 atom stereocenters. The normalized spacial score (nSPS) is 10.8. The highest BCUT2D eigenvalue weighted by Crippen LogP contribution is 2.18. The zero-order valence-corrected chi connectivity index (χ0v) is 12.6. The lowest BCUT2D eigenvalue weighted by Gasteiger charge is -2.05. The van der Waals surface area contributed by atoms with Crippen LogP contribution in [0.3, 0.4) is 0 Å². The predicted octanol–water partition coefficient (Wildman–Crippen LogP) is 2.21. The number of carbonyl (C=O) groups excluding carboxylic acids is 1. The summed E-state index contributed by atoms with van der Waals surface area (Å²) in [5, 5.41) is 8.96. The van der Waals surface area contributed by atoms with Crippen LogP contribution in [0.15, 0.2) is 41.7 Å². The Morgan fingerprint density at radius 1 is 1.26 bits per heavy atom. The average Bonchev–Trinajstić information content (AvgIpc) is 2.80. The maximum absolute atomic E-state index is 12.6. The van der Waals surface area contributed by atoms with Crippen LogP contribution in [-0.2, 0) is 11.3 Å². The number of benzene rings is 1. The predicted molar refractivity (Wildman–Crippen MR) is 87.9 cm³/mol. The third-order valence-corrected chi connectivity index (χ3v) is 3.36. The lowest BCUT2D eigenvalue weighted by Crippen LogP contribution is -2.24. The van der Waals surface area contributed by atoms with E-state index in [0.29, 0.717) is 23.4 Å². The van der Waals surface area contributed by atoms with Gasteiger partial charge in [-0.2, -0.15) is 0 Å². The third kappa shape index (κ3) is 2.91. The molecule has 23 heavy (non-hydrogen) atoms. The second-order valence-electron chi connectivity index (χ2n) is 4.72. The number of aldehydes is 1. The monoisotopic (exact) mass is 312 g/mol. The van der Waals surface area contributed by atoms with Crippen LogP contribution in [-0.4, -0.2) is 26.5 Å². The number of imidazole rings is 1. The first-order valence-corrected chi connectivity index (χ1v) is 6.93. The van der Waals surface area contributed by atoms with Crippen LogP contribution in [0.4, 0.5) is 0 Å². The van der Waals surface area contributed by atoms with Crippen molar-refractivity contribution in [3.63, 3.8) is 0 Å². The van der Waals surface area contributed by atoms with E-state index in [9.17, 15) is 14.4 Å². The van der Waals surface area contributed by atoms with Crippen molar-refractivity contribution in [2.75, 3.05) is 0 Å². The standard InChI is InChI=1S/C17H16N2O4/c1-3-5-15-14(4-2)18(10-11-20)17(23)19(15)13-8-6-12(7-9-13)16(21)22/h3-9,11H,2,10H2,1H3,(H,21,22)/b5-3-. The van der Waals surface area contributed by atoms with Gasteiger partial charge >= 0.3 is 11.7 Å². The molecule has 0 fully saturated rings. The van der Waals surface area contributed by atoms with Gasteiger partial charge in [0.05, 0.1) is 29.2 Å². The molecule has 1 aromatic heterocycles. The first-order chi connectivity index (χ1) is 11.0. The van der Waals surface area contributed by atoms with Gasteiger partial charge in [-0.05, 0) is 43.3 Å². The highest BCUT2D eigenvalue weighted by atomic mass is 16.4. The fourth-order valence-corrected chi connectivity index (χ4v) is 2.37. The van der Waals surface area contributed by atoms with Gasteiger partial charge in [0.2, 0.25) is 0 Å². The lowest BCUT2D eigenvalue weighted by molar-refractivity contribution is -0.108. The summed E-state index contributed by atoms with van der Waals surface area (Å²) in [5.74, 6) is -1.04. The summed E-state index contributed by atoms with van der Waals surface area (Å²) in [7, 11) is 0. The Morgan fingerprint density at radius 2 is 1.91 bits per heavy atom. The summed E-state index contributed by atoms with van der Waals surface area (Å²) in [4.78, 5) is 34.4. The minimum absolute atomic E-state index is 0.0784. The van der Waals surface area contributed by atoms with E-state index in [1.54, 1.807) is 24.3 Å². The molecule has 1 heterocycles. The van der Waals surface area contributed by atoms with Crippen LogP contribution in [0.1, 0.15) is 28.7 Å². The van der Waals surface area contributed by atoms with Crippen molar-refractivity contribution < 1.29 is 14.7 Å². The maximum atomic E-state index is 12.6. The summed E-state index contributed by atoms with van der Waals surface area (Å²) in [5.41, 5.74) is 1.37. The van der Waals surface area contributed by atoms with Gasteiger partial charge in [0.15, 0.2) is 0 Å². The number of aromatic nitrogens is 2. The van der Waals surface area contributed by atoms with Gasteiger partial charge < -0.3 is 9.90 Å². The van der Waals surface area contributed by atoms with Crippen molar-refractivity contribution in [1.82, 2.24) is 9.13 Å². The number of nitrogens with zero attached hydrogens (tertiary/aromatic N) is 2. The molecule has 118 valence electrons. The molecule has 0 unspecified atom stereocenters. The summed E-state index contributed by atoms with van der Waals surface area (Å²) >= 11 is 0. The lowest BCUT2D eigenvalue weighted by atomic mass is 10.2. The molecule has 0 aliphatic carbocycles. The maximum Gasteiger partial charge on any atom is 0.335 e. The molecule has 0 saturated heterocycles. The molecule has 6 heteroatoms. The third-order valence-electron chi connectivity index (χ3n) is 3.36. The highest BCUT2D eigenvalue weighted by molar-refractivity contribution is 5.87. The van der Waals surface area contributed by atoms with E-state index in [0.717, 1.165) is 0 Å². The second-order valence-corrected chi connectivity index (χ2v) is 4.72. The molecular formula is C17H16N2O4. The molecule has 2 rings (SSSR count). The van der Waals surface area contributed by atoms with Crippen LogP contribution in [0.25, 0.3) is 17.8 Å². The minimum atomic E-state index is -1.04. The molecule has 0 aliphatic heterocycles. The number of carbonyl (C=O) groups is 2. The zero-order chi connectivity index (χ0) is 17.0. The van der Waals surface area contributed by atoms with Gasteiger partial charge in [-0.1, -0.05) is 12.7 Å². The largest absolute Gasteiger partial charge is 0.478 e. The number of carboxylic acids is 1. The first-order valence-electron chi connectivity index (χ1n) is 6.93. The van der Waals surface area contributed by atoms with Crippen LogP contribution in [0.2, 0.25) is 0 Å². The van der Waals surface area contributed by atoms with Crippen LogP contribution in [0.5, 0.6) is 0 Å². The first kappa shape index (κ1) is 16.2. The molecule has 1 aromatic carbocycles. The highest BCUT2D eigenvalue weighted by Gasteiger charge is 2.17. The zero-order valence-electron chi connectivity index (χ0n) is 12.6. The molecule has 0 bridgehead atoms. The van der Waals surface area contributed by atoms with E-state index in [-0.39, 0.29) is 17.8 Å². The summed E-state index contributed by atoms with van der Waals surface area (Å²) in [6.07, 6.45) is 5.67. The Balaban J connectivity index is 2.74. The molecule has 0 radical (unpaired) electrons. The topological polar surface area (TPSA) is 81.3 Å². The SMILES string of the molecule is C=Cc1c(/C=C\C)n(-c2ccc(C(=O)O)cc2)c(=O)n1CC=O. The van der Waals surface area contributed by atoms with Crippen LogP contribution < -0.4 is 5.69 Å². The molecule has 2 aromatic rings. The second kappa shape index (κ2) is 6.74. The molecule has 0 saturated carbocycles. The molecule has 1 N–H and O–H groups in total.